The van der Waals surface area contributed by atoms with Crippen LogP contribution in [-0.2, 0) is 0 Å². The first kappa shape index (κ1) is 14.6. The van der Waals surface area contributed by atoms with Gasteiger partial charge in [-0.25, -0.2) is 4.98 Å². The number of nitrogens with zero attached hydrogens (tertiary/aromatic N) is 4. The summed E-state index contributed by atoms with van der Waals surface area (Å²) in [6.45, 7) is 1.64. The summed E-state index contributed by atoms with van der Waals surface area (Å²) < 4.78 is 0. The molecule has 1 saturated heterocycles. The van der Waals surface area contributed by atoms with Crippen molar-refractivity contribution < 1.29 is 4.79 Å². The molecule has 1 N–H and O–H groups in total. The summed E-state index contributed by atoms with van der Waals surface area (Å²) in [5, 5.41) is 2.97. The van der Waals surface area contributed by atoms with E-state index in [1.54, 1.807) is 12.4 Å². The standard InChI is InChI=1S/C16H19N5O/c1-21-8-4-13(15(21)12-3-2-5-17-9-12)10-20-16(22)14-11-18-6-7-19-14/h2-3,5-7,9,11,13,15H,4,8,10H2,1H3,(H,20,22)/t13-,15-/m0/s1. The van der Waals surface area contributed by atoms with Gasteiger partial charge in [0.05, 0.1) is 6.20 Å². The predicted molar refractivity (Wildman–Crippen MR) is 82.1 cm³/mol. The van der Waals surface area contributed by atoms with Crippen molar-refractivity contribution in [3.8, 4) is 0 Å². The van der Waals surface area contributed by atoms with E-state index in [2.05, 4.69) is 38.3 Å². The largest absolute Gasteiger partial charge is 0.350 e. The van der Waals surface area contributed by atoms with E-state index in [1.165, 1.54) is 18.0 Å². The van der Waals surface area contributed by atoms with Gasteiger partial charge in [0.2, 0.25) is 0 Å². The number of carbonyl (C=O) groups is 1. The number of hydrogen-bond acceptors (Lipinski definition) is 5. The van der Waals surface area contributed by atoms with Crippen molar-refractivity contribution >= 4 is 5.91 Å². The molecule has 2 aromatic rings. The van der Waals surface area contributed by atoms with Crippen LogP contribution in [0.5, 0.6) is 0 Å². The predicted octanol–water partition coefficient (Wildman–Crippen LogP) is 1.29. The van der Waals surface area contributed by atoms with Crippen molar-refractivity contribution in [3.63, 3.8) is 0 Å². The van der Waals surface area contributed by atoms with Gasteiger partial charge in [-0.3, -0.25) is 19.7 Å². The highest BCUT2D eigenvalue weighted by Crippen LogP contribution is 2.35. The summed E-state index contributed by atoms with van der Waals surface area (Å²) in [7, 11) is 2.11. The fraction of sp³-hybridized carbons (Fsp3) is 0.375. The van der Waals surface area contributed by atoms with E-state index < -0.39 is 0 Å². The number of aromatic nitrogens is 3. The van der Waals surface area contributed by atoms with Crippen molar-refractivity contribution in [1.29, 1.82) is 0 Å². The smallest absolute Gasteiger partial charge is 0.271 e. The highest BCUT2D eigenvalue weighted by molar-refractivity contribution is 5.91. The summed E-state index contributed by atoms with van der Waals surface area (Å²) in [5.41, 5.74) is 1.55. The van der Waals surface area contributed by atoms with E-state index in [4.69, 9.17) is 0 Å². The van der Waals surface area contributed by atoms with Gasteiger partial charge in [-0.05, 0) is 37.6 Å². The molecule has 3 heterocycles. The van der Waals surface area contributed by atoms with Gasteiger partial charge in [0.25, 0.3) is 5.91 Å². The number of likely N-dealkylation sites (tertiary alicyclic amines) is 1. The Morgan fingerprint density at radius 3 is 2.91 bits per heavy atom. The van der Waals surface area contributed by atoms with Gasteiger partial charge < -0.3 is 5.32 Å². The van der Waals surface area contributed by atoms with Crippen molar-refractivity contribution in [1.82, 2.24) is 25.2 Å². The van der Waals surface area contributed by atoms with Crippen LogP contribution in [0.25, 0.3) is 0 Å². The summed E-state index contributed by atoms with van der Waals surface area (Å²) in [4.78, 5) is 26.6. The van der Waals surface area contributed by atoms with Crippen LogP contribution < -0.4 is 5.32 Å². The Kier molecular flexibility index (Phi) is 4.39. The minimum absolute atomic E-state index is 0.174. The molecule has 1 aliphatic rings. The highest BCUT2D eigenvalue weighted by atomic mass is 16.1. The zero-order chi connectivity index (χ0) is 15.4. The molecule has 1 fully saturated rings. The topological polar surface area (TPSA) is 71.0 Å². The Balaban J connectivity index is 1.66. The number of pyridine rings is 1. The van der Waals surface area contributed by atoms with Crippen LogP contribution >= 0.6 is 0 Å². The molecule has 22 heavy (non-hydrogen) atoms. The normalized spacial score (nSPS) is 21.7. The molecule has 6 nitrogen and oxygen atoms in total. The van der Waals surface area contributed by atoms with Crippen molar-refractivity contribution in [2.24, 2.45) is 5.92 Å². The van der Waals surface area contributed by atoms with E-state index in [-0.39, 0.29) is 11.9 Å². The number of nitrogens with one attached hydrogen (secondary N) is 1. The van der Waals surface area contributed by atoms with Gasteiger partial charge in [-0.2, -0.15) is 0 Å². The molecule has 0 radical (unpaired) electrons. The molecular weight excluding hydrogens is 278 g/mol. The van der Waals surface area contributed by atoms with Gasteiger partial charge in [-0.15, -0.1) is 0 Å². The van der Waals surface area contributed by atoms with E-state index in [9.17, 15) is 4.79 Å². The van der Waals surface area contributed by atoms with E-state index in [0.29, 0.717) is 18.2 Å². The van der Waals surface area contributed by atoms with Crippen LogP contribution in [0.1, 0.15) is 28.5 Å². The highest BCUT2D eigenvalue weighted by Gasteiger charge is 2.33. The van der Waals surface area contributed by atoms with Gasteiger partial charge >= 0.3 is 0 Å². The maximum Gasteiger partial charge on any atom is 0.271 e. The fourth-order valence-corrected chi connectivity index (χ4v) is 3.05. The molecule has 114 valence electrons. The van der Waals surface area contributed by atoms with Crippen LogP contribution in [0.15, 0.2) is 43.1 Å². The van der Waals surface area contributed by atoms with Gasteiger partial charge in [0.15, 0.2) is 0 Å². The summed E-state index contributed by atoms with van der Waals surface area (Å²) in [5.74, 6) is 0.197. The molecular formula is C16H19N5O. The maximum absolute atomic E-state index is 12.1. The first-order valence-corrected chi connectivity index (χ1v) is 7.40. The third kappa shape index (κ3) is 3.12. The Morgan fingerprint density at radius 1 is 1.32 bits per heavy atom. The lowest BCUT2D eigenvalue weighted by atomic mass is 9.95. The zero-order valence-electron chi connectivity index (χ0n) is 12.5. The second-order valence-corrected chi connectivity index (χ2v) is 5.56. The molecule has 0 aliphatic carbocycles. The molecule has 1 aliphatic heterocycles. The molecule has 3 rings (SSSR count). The van der Waals surface area contributed by atoms with Crippen LogP contribution in [0, 0.1) is 5.92 Å². The number of carbonyl (C=O) groups excluding carboxylic acids is 1. The fourth-order valence-electron chi connectivity index (χ4n) is 3.05. The Labute approximate surface area is 129 Å². The van der Waals surface area contributed by atoms with Crippen molar-refractivity contribution in [3.05, 3.63) is 54.4 Å². The molecule has 0 aromatic carbocycles. The first-order chi connectivity index (χ1) is 10.8. The van der Waals surface area contributed by atoms with Crippen LogP contribution in [0.2, 0.25) is 0 Å². The summed E-state index contributed by atoms with van der Waals surface area (Å²) in [6, 6.07) is 4.34. The van der Waals surface area contributed by atoms with Gasteiger partial charge in [0, 0.05) is 37.4 Å². The third-order valence-corrected chi connectivity index (χ3v) is 4.12. The van der Waals surface area contributed by atoms with Crippen molar-refractivity contribution in [2.45, 2.75) is 12.5 Å². The minimum Gasteiger partial charge on any atom is -0.350 e. The minimum atomic E-state index is -0.174. The van der Waals surface area contributed by atoms with E-state index >= 15 is 0 Å². The molecule has 1 amide bonds. The summed E-state index contributed by atoms with van der Waals surface area (Å²) in [6.07, 6.45) is 9.30. The molecule has 2 atom stereocenters. The quantitative estimate of drug-likeness (QED) is 0.921. The Morgan fingerprint density at radius 2 is 2.18 bits per heavy atom. The Bertz CT molecular complexity index is 619. The van der Waals surface area contributed by atoms with E-state index in [1.807, 2.05) is 12.3 Å². The van der Waals surface area contributed by atoms with Crippen molar-refractivity contribution in [2.75, 3.05) is 20.1 Å². The number of amides is 1. The second kappa shape index (κ2) is 6.62. The van der Waals surface area contributed by atoms with Gasteiger partial charge in [0.1, 0.15) is 5.69 Å². The maximum atomic E-state index is 12.1. The lowest BCUT2D eigenvalue weighted by Crippen LogP contribution is -2.32. The molecule has 2 aromatic heterocycles. The van der Waals surface area contributed by atoms with Crippen LogP contribution in [-0.4, -0.2) is 45.9 Å². The average molecular weight is 297 g/mol. The lowest BCUT2D eigenvalue weighted by molar-refractivity contribution is 0.0938. The monoisotopic (exact) mass is 297 g/mol. The van der Waals surface area contributed by atoms with E-state index in [0.717, 1.165) is 13.0 Å². The second-order valence-electron chi connectivity index (χ2n) is 5.56. The SMILES string of the molecule is CN1CC[C@@H](CNC(=O)c2cnccn2)[C@@H]1c1cccnc1. The third-order valence-electron chi connectivity index (χ3n) is 4.12. The summed E-state index contributed by atoms with van der Waals surface area (Å²) >= 11 is 0. The number of rotatable bonds is 4. The molecule has 0 spiro atoms. The zero-order valence-corrected chi connectivity index (χ0v) is 12.5. The number of hydrogen-bond donors (Lipinski definition) is 1. The lowest BCUT2D eigenvalue weighted by Gasteiger charge is -2.25. The van der Waals surface area contributed by atoms with Gasteiger partial charge in [-0.1, -0.05) is 6.07 Å². The van der Waals surface area contributed by atoms with Crippen LogP contribution in [0.3, 0.4) is 0 Å². The molecule has 0 saturated carbocycles. The average Bonchev–Trinajstić information content (AvgIpc) is 2.95. The molecule has 6 heteroatoms. The van der Waals surface area contributed by atoms with Crippen LogP contribution in [0.4, 0.5) is 0 Å². The Hall–Kier alpha value is -2.34. The first-order valence-electron chi connectivity index (χ1n) is 7.40. The molecule has 0 unspecified atom stereocenters. The molecule has 0 bridgehead atoms.